The first-order chi connectivity index (χ1) is 9.40. The molecule has 0 atom stereocenters. The molecule has 0 radical (unpaired) electrons. The normalized spacial score (nSPS) is 12.4. The Morgan fingerprint density at radius 2 is 1.86 bits per heavy atom. The van der Waals surface area contributed by atoms with E-state index in [4.69, 9.17) is 10.8 Å². The van der Waals surface area contributed by atoms with Crippen molar-refractivity contribution in [3.05, 3.63) is 17.0 Å². The lowest BCUT2D eigenvalue weighted by Crippen LogP contribution is -2.42. The van der Waals surface area contributed by atoms with Crippen LogP contribution in [0.2, 0.25) is 0 Å². The zero-order valence-corrected chi connectivity index (χ0v) is 13.1. The Morgan fingerprint density at radius 1 is 1.33 bits per heavy atom. The molecule has 0 aliphatic heterocycles. The fraction of sp³-hybridized carbons (Fsp3) is 0.500. The van der Waals surface area contributed by atoms with Crippen molar-refractivity contribution >= 4 is 21.9 Å². The fourth-order valence-corrected chi connectivity index (χ4v) is 3.44. The number of amides is 1. The van der Waals surface area contributed by atoms with Gasteiger partial charge in [-0.25, -0.2) is 17.9 Å². The predicted molar refractivity (Wildman–Crippen MR) is 75.4 cm³/mol. The van der Waals surface area contributed by atoms with Crippen molar-refractivity contribution in [2.45, 2.75) is 32.6 Å². The number of hydrogen-bond acceptors (Lipinski definition) is 4. The number of nitrogens with two attached hydrogens (primary N) is 1. The molecule has 1 heterocycles. The zero-order valence-electron chi connectivity index (χ0n) is 12.3. The van der Waals surface area contributed by atoms with Gasteiger partial charge in [0, 0.05) is 17.8 Å². The molecule has 1 amide bonds. The molecule has 5 N–H and O–H groups in total. The summed E-state index contributed by atoms with van der Waals surface area (Å²) in [4.78, 5) is 24.6. The van der Waals surface area contributed by atoms with Gasteiger partial charge in [0.15, 0.2) is 0 Å². The molecule has 0 saturated carbocycles. The highest BCUT2D eigenvalue weighted by molar-refractivity contribution is 7.89. The monoisotopic (exact) mass is 317 g/mol. The number of carbonyl (C=O) groups is 2. The van der Waals surface area contributed by atoms with E-state index < -0.39 is 27.3 Å². The number of aromatic carboxylic acids is 1. The largest absolute Gasteiger partial charge is 0.477 e. The van der Waals surface area contributed by atoms with E-state index in [1.165, 1.54) is 27.7 Å². The van der Waals surface area contributed by atoms with E-state index in [9.17, 15) is 18.0 Å². The molecule has 0 saturated heterocycles. The Morgan fingerprint density at radius 3 is 2.24 bits per heavy atom. The first-order valence-corrected chi connectivity index (χ1v) is 7.60. The summed E-state index contributed by atoms with van der Waals surface area (Å²) in [5.74, 6) is -1.88. The number of carbonyl (C=O) groups excluding carboxylic acids is 1. The summed E-state index contributed by atoms with van der Waals surface area (Å²) >= 11 is 0. The second-order valence-corrected chi connectivity index (χ2v) is 7.16. The summed E-state index contributed by atoms with van der Waals surface area (Å²) in [5, 5.41) is 8.99. The van der Waals surface area contributed by atoms with Crippen molar-refractivity contribution in [1.82, 2.24) is 9.71 Å². The summed E-state index contributed by atoms with van der Waals surface area (Å²) in [6.45, 7) is 5.71. The molecule has 0 aliphatic rings. The van der Waals surface area contributed by atoms with Crippen LogP contribution in [0, 0.1) is 19.3 Å². The smallest absolute Gasteiger partial charge is 0.352 e. The average molecular weight is 317 g/mol. The van der Waals surface area contributed by atoms with Gasteiger partial charge >= 0.3 is 5.97 Å². The van der Waals surface area contributed by atoms with Crippen LogP contribution in [0.15, 0.2) is 4.90 Å². The summed E-state index contributed by atoms with van der Waals surface area (Å²) in [7, 11) is -3.95. The van der Waals surface area contributed by atoms with Crippen LogP contribution in [0.1, 0.15) is 35.6 Å². The van der Waals surface area contributed by atoms with E-state index in [0.29, 0.717) is 0 Å². The Labute approximate surface area is 122 Å². The molecule has 0 spiro atoms. The minimum atomic E-state index is -3.95. The topological polar surface area (TPSA) is 142 Å². The van der Waals surface area contributed by atoms with Crippen LogP contribution >= 0.6 is 0 Å². The second-order valence-electron chi connectivity index (χ2n) is 5.46. The van der Waals surface area contributed by atoms with Crippen LogP contribution < -0.4 is 10.5 Å². The van der Waals surface area contributed by atoms with Crippen LogP contribution in [-0.2, 0) is 14.8 Å². The van der Waals surface area contributed by atoms with Gasteiger partial charge in [0.25, 0.3) is 0 Å². The van der Waals surface area contributed by atoms with Crippen molar-refractivity contribution in [2.24, 2.45) is 11.1 Å². The Kier molecular flexibility index (Phi) is 4.49. The van der Waals surface area contributed by atoms with Gasteiger partial charge < -0.3 is 15.8 Å². The van der Waals surface area contributed by atoms with E-state index in [1.54, 1.807) is 0 Å². The number of primary amides is 1. The minimum Gasteiger partial charge on any atom is -0.477 e. The molecule has 0 bridgehead atoms. The van der Waals surface area contributed by atoms with Gasteiger partial charge in [0.2, 0.25) is 15.9 Å². The molecule has 1 rings (SSSR count). The highest BCUT2D eigenvalue weighted by atomic mass is 32.2. The third kappa shape index (κ3) is 3.42. The number of nitrogens with one attached hydrogen (secondary N) is 2. The molecule has 21 heavy (non-hydrogen) atoms. The zero-order chi connectivity index (χ0) is 16.6. The van der Waals surface area contributed by atoms with Crippen molar-refractivity contribution < 1.29 is 23.1 Å². The van der Waals surface area contributed by atoms with Crippen molar-refractivity contribution in [3.63, 3.8) is 0 Å². The number of aryl methyl sites for hydroxylation is 1. The summed E-state index contributed by atoms with van der Waals surface area (Å²) in [6, 6.07) is 0. The quantitative estimate of drug-likeness (QED) is 0.589. The van der Waals surface area contributed by atoms with Crippen LogP contribution in [0.3, 0.4) is 0 Å². The number of rotatable bonds is 6. The Hall–Kier alpha value is -1.87. The van der Waals surface area contributed by atoms with Crippen LogP contribution in [0.5, 0.6) is 0 Å². The van der Waals surface area contributed by atoms with Crippen molar-refractivity contribution in [2.75, 3.05) is 6.54 Å². The van der Waals surface area contributed by atoms with Gasteiger partial charge in [0.1, 0.15) is 10.6 Å². The molecule has 118 valence electrons. The summed E-state index contributed by atoms with van der Waals surface area (Å²) < 4.78 is 26.9. The maximum atomic E-state index is 12.3. The predicted octanol–water partition coefficient (Wildman–Crippen LogP) is 0.120. The first-order valence-electron chi connectivity index (χ1n) is 6.12. The van der Waals surface area contributed by atoms with Crippen LogP contribution in [0.4, 0.5) is 0 Å². The third-order valence-electron chi connectivity index (χ3n) is 3.22. The number of hydrogen-bond donors (Lipinski definition) is 4. The van der Waals surface area contributed by atoms with Gasteiger partial charge in [-0.05, 0) is 27.7 Å². The van der Waals surface area contributed by atoms with Gasteiger partial charge in [-0.3, -0.25) is 4.79 Å². The van der Waals surface area contributed by atoms with E-state index >= 15 is 0 Å². The molecule has 1 aromatic heterocycles. The van der Waals surface area contributed by atoms with Crippen molar-refractivity contribution in [1.29, 1.82) is 0 Å². The van der Waals surface area contributed by atoms with Crippen LogP contribution in [0.25, 0.3) is 0 Å². The van der Waals surface area contributed by atoms with Gasteiger partial charge in [-0.1, -0.05) is 0 Å². The summed E-state index contributed by atoms with van der Waals surface area (Å²) in [5.41, 5.74) is 4.28. The van der Waals surface area contributed by atoms with Crippen LogP contribution in [-0.4, -0.2) is 36.9 Å². The summed E-state index contributed by atoms with van der Waals surface area (Å²) in [6.07, 6.45) is 0. The van der Waals surface area contributed by atoms with Gasteiger partial charge in [-0.15, -0.1) is 0 Å². The Bertz CT molecular complexity index is 688. The number of H-pyrrole nitrogens is 1. The van der Waals surface area contributed by atoms with E-state index in [2.05, 4.69) is 9.71 Å². The lowest BCUT2D eigenvalue weighted by atomic mass is 9.93. The molecule has 8 nitrogen and oxygen atoms in total. The molecular weight excluding hydrogens is 298 g/mol. The first kappa shape index (κ1) is 17.2. The second kappa shape index (κ2) is 5.49. The molecule has 0 aromatic carbocycles. The van der Waals surface area contributed by atoms with E-state index in [0.717, 1.165) is 0 Å². The SMILES string of the molecule is Cc1[nH]c(C(=O)O)c(C)c1S(=O)(=O)NCC(C)(C)C(N)=O. The highest BCUT2D eigenvalue weighted by Gasteiger charge is 2.30. The molecule has 0 unspecified atom stereocenters. The number of carboxylic acids is 1. The molecular formula is C12H19N3O5S. The molecule has 9 heteroatoms. The lowest BCUT2D eigenvalue weighted by Gasteiger charge is -2.20. The van der Waals surface area contributed by atoms with E-state index in [1.807, 2.05) is 0 Å². The van der Waals surface area contributed by atoms with Gasteiger partial charge in [-0.2, -0.15) is 0 Å². The fourth-order valence-electron chi connectivity index (χ4n) is 1.78. The third-order valence-corrected chi connectivity index (χ3v) is 4.90. The standard InChI is InChI=1S/C12H19N3O5S/c1-6-8(10(16)17)15-7(2)9(6)21(19,20)14-5-12(3,4)11(13)18/h14-15H,5H2,1-4H3,(H2,13,18)(H,16,17). The Balaban J connectivity index is 3.16. The molecule has 0 fully saturated rings. The number of aromatic amines is 1. The molecule has 1 aromatic rings. The number of sulfonamides is 1. The maximum absolute atomic E-state index is 12.3. The molecule has 0 aliphatic carbocycles. The lowest BCUT2D eigenvalue weighted by molar-refractivity contribution is -0.125. The maximum Gasteiger partial charge on any atom is 0.352 e. The number of carboxylic acid groups (broad SMARTS) is 1. The van der Waals surface area contributed by atoms with Crippen molar-refractivity contribution in [3.8, 4) is 0 Å². The minimum absolute atomic E-state index is 0.115. The highest BCUT2D eigenvalue weighted by Crippen LogP contribution is 2.24. The van der Waals surface area contributed by atoms with E-state index in [-0.39, 0.29) is 28.4 Å². The van der Waals surface area contributed by atoms with Gasteiger partial charge in [0.05, 0.1) is 5.41 Å². The number of aromatic nitrogens is 1. The average Bonchev–Trinajstić information content (AvgIpc) is 2.63.